The summed E-state index contributed by atoms with van der Waals surface area (Å²) in [5, 5.41) is 9.12. The van der Waals surface area contributed by atoms with Gasteiger partial charge in [0.15, 0.2) is 0 Å². The van der Waals surface area contributed by atoms with Gasteiger partial charge < -0.3 is 9.84 Å². The van der Waals surface area contributed by atoms with Crippen LogP contribution in [0.15, 0.2) is 54.6 Å². The van der Waals surface area contributed by atoms with Crippen molar-refractivity contribution >= 4 is 5.97 Å². The zero-order chi connectivity index (χ0) is 17.4. The molecule has 24 heavy (non-hydrogen) atoms. The van der Waals surface area contributed by atoms with Gasteiger partial charge in [0.1, 0.15) is 12.4 Å². The van der Waals surface area contributed by atoms with Gasteiger partial charge in [0.25, 0.3) is 0 Å². The van der Waals surface area contributed by atoms with Crippen LogP contribution in [0.2, 0.25) is 0 Å². The van der Waals surface area contributed by atoms with E-state index in [4.69, 9.17) is 16.3 Å². The van der Waals surface area contributed by atoms with E-state index in [0.717, 1.165) is 16.9 Å². The Morgan fingerprint density at radius 2 is 1.88 bits per heavy atom. The highest BCUT2D eigenvalue weighted by atomic mass is 16.5. The van der Waals surface area contributed by atoms with E-state index in [1.807, 2.05) is 66.5 Å². The fourth-order valence-electron chi connectivity index (χ4n) is 2.47. The Morgan fingerprint density at radius 1 is 1.21 bits per heavy atom. The summed E-state index contributed by atoms with van der Waals surface area (Å²) >= 11 is 0. The van der Waals surface area contributed by atoms with Crippen molar-refractivity contribution in [1.82, 2.24) is 4.90 Å². The molecule has 0 aromatic heterocycles. The number of carboxylic acid groups (broad SMARTS) is 1. The number of carbonyl (C=O) groups is 1. The third-order valence-electron chi connectivity index (χ3n) is 3.75. The van der Waals surface area contributed by atoms with Crippen molar-refractivity contribution in [3.63, 3.8) is 0 Å². The molecule has 0 fully saturated rings. The van der Waals surface area contributed by atoms with Crippen LogP contribution >= 0.6 is 0 Å². The van der Waals surface area contributed by atoms with Crippen molar-refractivity contribution in [1.29, 1.82) is 0 Å². The Hall–Kier alpha value is -2.77. The van der Waals surface area contributed by atoms with Crippen molar-refractivity contribution in [2.75, 3.05) is 13.6 Å². The van der Waals surface area contributed by atoms with Crippen LogP contribution in [0.25, 0.3) is 0 Å². The Morgan fingerprint density at radius 3 is 2.46 bits per heavy atom. The predicted octanol–water partition coefficient (Wildman–Crippen LogP) is 3.35. The summed E-state index contributed by atoms with van der Waals surface area (Å²) in [6.45, 7) is 0.889. The molecule has 0 radical (unpaired) electrons. The first-order chi connectivity index (χ1) is 11.6. The second kappa shape index (κ2) is 8.76. The molecule has 0 saturated carbocycles. The molecule has 1 atom stereocenters. The Balaban J connectivity index is 2.05. The minimum absolute atomic E-state index is 0.00238. The minimum atomic E-state index is -0.853. The van der Waals surface area contributed by atoms with Gasteiger partial charge >= 0.3 is 5.97 Å². The number of benzene rings is 2. The smallest absolute Gasteiger partial charge is 0.305 e. The molecule has 0 saturated heterocycles. The highest BCUT2D eigenvalue weighted by molar-refractivity contribution is 5.68. The molecule has 0 amide bonds. The summed E-state index contributed by atoms with van der Waals surface area (Å²) in [6.07, 6.45) is 5.34. The van der Waals surface area contributed by atoms with Crippen LogP contribution in [0.3, 0.4) is 0 Å². The third-order valence-corrected chi connectivity index (χ3v) is 3.75. The summed E-state index contributed by atoms with van der Waals surface area (Å²) in [7, 11) is 1.83. The number of carboxylic acids is 1. The van der Waals surface area contributed by atoms with Gasteiger partial charge in [-0.15, -0.1) is 6.42 Å². The van der Waals surface area contributed by atoms with E-state index in [0.29, 0.717) is 13.2 Å². The molecular formula is C20H21NO3. The number of ether oxygens (including phenoxy) is 1. The molecule has 124 valence electrons. The normalized spacial score (nSPS) is 11.7. The molecule has 0 aliphatic rings. The molecule has 0 heterocycles. The van der Waals surface area contributed by atoms with Gasteiger partial charge in [-0.1, -0.05) is 48.4 Å². The number of terminal acetylenes is 1. The molecule has 2 rings (SSSR count). The van der Waals surface area contributed by atoms with Gasteiger partial charge in [0.2, 0.25) is 0 Å². The second-order valence-electron chi connectivity index (χ2n) is 5.58. The second-order valence-corrected chi connectivity index (χ2v) is 5.58. The summed E-state index contributed by atoms with van der Waals surface area (Å²) in [4.78, 5) is 13.0. The van der Waals surface area contributed by atoms with Crippen LogP contribution in [0.1, 0.15) is 23.6 Å². The van der Waals surface area contributed by atoms with Crippen molar-refractivity contribution in [3.05, 3.63) is 65.7 Å². The fraction of sp³-hybridized carbons (Fsp3) is 0.250. The number of hydrogen-bond donors (Lipinski definition) is 1. The van der Waals surface area contributed by atoms with Crippen LogP contribution < -0.4 is 4.74 Å². The van der Waals surface area contributed by atoms with Gasteiger partial charge in [0.05, 0.1) is 13.0 Å². The average molecular weight is 323 g/mol. The quantitative estimate of drug-likeness (QED) is 0.757. The lowest BCUT2D eigenvalue weighted by Gasteiger charge is -2.25. The monoisotopic (exact) mass is 323 g/mol. The van der Waals surface area contributed by atoms with E-state index in [-0.39, 0.29) is 12.5 Å². The lowest BCUT2D eigenvalue weighted by molar-refractivity contribution is -0.138. The van der Waals surface area contributed by atoms with E-state index in [1.165, 1.54) is 0 Å². The molecule has 0 bridgehead atoms. The lowest BCUT2D eigenvalue weighted by atomic mass is 10.0. The molecule has 0 aliphatic carbocycles. The average Bonchev–Trinajstić information content (AvgIpc) is 2.59. The number of rotatable bonds is 8. The van der Waals surface area contributed by atoms with Gasteiger partial charge in [0, 0.05) is 6.04 Å². The zero-order valence-electron chi connectivity index (χ0n) is 13.7. The van der Waals surface area contributed by atoms with E-state index in [9.17, 15) is 4.79 Å². The van der Waals surface area contributed by atoms with E-state index in [1.54, 1.807) is 0 Å². The standard InChI is InChI=1S/C20H21NO3/c1-3-13-21(2)19(14-20(22)23)17-9-11-18(12-10-17)24-15-16-7-5-4-6-8-16/h1,4-12,19H,13-15H2,2H3,(H,22,23). The van der Waals surface area contributed by atoms with E-state index >= 15 is 0 Å². The lowest BCUT2D eigenvalue weighted by Crippen LogP contribution is -2.27. The molecule has 1 N–H and O–H groups in total. The highest BCUT2D eigenvalue weighted by Gasteiger charge is 2.19. The Bertz CT molecular complexity index is 689. The maximum Gasteiger partial charge on any atom is 0.305 e. The first-order valence-corrected chi connectivity index (χ1v) is 7.72. The number of hydrogen-bond acceptors (Lipinski definition) is 3. The third kappa shape index (κ3) is 5.15. The molecule has 4 heteroatoms. The first-order valence-electron chi connectivity index (χ1n) is 7.72. The Labute approximate surface area is 142 Å². The Kier molecular flexibility index (Phi) is 6.41. The van der Waals surface area contributed by atoms with Crippen LogP contribution in [0, 0.1) is 12.3 Å². The zero-order valence-corrected chi connectivity index (χ0v) is 13.7. The first kappa shape index (κ1) is 17.6. The molecule has 0 spiro atoms. The maximum absolute atomic E-state index is 11.1. The minimum Gasteiger partial charge on any atom is -0.489 e. The summed E-state index contributed by atoms with van der Waals surface area (Å²) in [5.74, 6) is 2.44. The van der Waals surface area contributed by atoms with Crippen molar-refractivity contribution in [2.24, 2.45) is 0 Å². The molecule has 4 nitrogen and oxygen atoms in total. The molecular weight excluding hydrogens is 302 g/mol. The van der Waals surface area contributed by atoms with E-state index < -0.39 is 5.97 Å². The van der Waals surface area contributed by atoms with Gasteiger partial charge in [-0.05, 0) is 30.3 Å². The van der Waals surface area contributed by atoms with Crippen LogP contribution in [0.4, 0.5) is 0 Å². The van der Waals surface area contributed by atoms with Gasteiger partial charge in [-0.25, -0.2) is 0 Å². The van der Waals surface area contributed by atoms with Crippen molar-refractivity contribution < 1.29 is 14.6 Å². The van der Waals surface area contributed by atoms with Crippen LogP contribution in [-0.4, -0.2) is 29.6 Å². The summed E-state index contributed by atoms with van der Waals surface area (Å²) < 4.78 is 5.75. The topological polar surface area (TPSA) is 49.8 Å². The number of nitrogens with zero attached hydrogens (tertiary/aromatic N) is 1. The molecule has 0 aliphatic heterocycles. The van der Waals surface area contributed by atoms with Crippen molar-refractivity contribution in [3.8, 4) is 18.1 Å². The maximum atomic E-state index is 11.1. The SMILES string of the molecule is C#CCN(C)C(CC(=O)O)c1ccc(OCc2ccccc2)cc1. The van der Waals surface area contributed by atoms with Crippen molar-refractivity contribution in [2.45, 2.75) is 19.1 Å². The summed E-state index contributed by atoms with van der Waals surface area (Å²) in [5.41, 5.74) is 2.00. The molecule has 2 aromatic carbocycles. The predicted molar refractivity (Wildman–Crippen MR) is 93.7 cm³/mol. The highest BCUT2D eigenvalue weighted by Crippen LogP contribution is 2.25. The van der Waals surface area contributed by atoms with Gasteiger partial charge in [-0.2, -0.15) is 0 Å². The molecule has 2 aromatic rings. The fourth-order valence-corrected chi connectivity index (χ4v) is 2.47. The largest absolute Gasteiger partial charge is 0.489 e. The van der Waals surface area contributed by atoms with Crippen LogP contribution in [0.5, 0.6) is 5.75 Å². The van der Waals surface area contributed by atoms with Crippen LogP contribution in [-0.2, 0) is 11.4 Å². The van der Waals surface area contributed by atoms with Gasteiger partial charge in [-0.3, -0.25) is 9.69 Å². The summed E-state index contributed by atoms with van der Waals surface area (Å²) in [6, 6.07) is 17.2. The van der Waals surface area contributed by atoms with E-state index in [2.05, 4.69) is 5.92 Å². The molecule has 1 unspecified atom stereocenters. The number of aliphatic carboxylic acids is 1.